The number of aromatic nitrogens is 1. The van der Waals surface area contributed by atoms with Crippen molar-refractivity contribution >= 4 is 31.6 Å². The number of ether oxygens (including phenoxy) is 1. The Morgan fingerprint density at radius 3 is 2.64 bits per heavy atom. The van der Waals surface area contributed by atoms with Crippen molar-refractivity contribution in [3.63, 3.8) is 0 Å². The molecule has 0 saturated heterocycles. The number of sulfonamides is 1. The van der Waals surface area contributed by atoms with E-state index in [0.717, 1.165) is 11.3 Å². The van der Waals surface area contributed by atoms with Crippen LogP contribution in [0.5, 0.6) is 5.75 Å². The Labute approximate surface area is 148 Å². The first-order chi connectivity index (χ1) is 11.9. The van der Waals surface area contributed by atoms with Crippen molar-refractivity contribution in [2.75, 3.05) is 7.11 Å². The van der Waals surface area contributed by atoms with E-state index in [0.29, 0.717) is 16.0 Å². The summed E-state index contributed by atoms with van der Waals surface area (Å²) in [5.41, 5.74) is 0.632. The first kappa shape index (κ1) is 17.2. The van der Waals surface area contributed by atoms with E-state index in [1.165, 1.54) is 43.5 Å². The maximum absolute atomic E-state index is 13.4. The van der Waals surface area contributed by atoms with E-state index in [9.17, 15) is 12.8 Å². The summed E-state index contributed by atoms with van der Waals surface area (Å²) in [4.78, 5) is 0.221. The molecule has 0 aliphatic heterocycles. The van der Waals surface area contributed by atoms with E-state index in [1.807, 2.05) is 0 Å². The molecule has 0 spiro atoms. The highest BCUT2D eigenvalue weighted by atomic mass is 32.2. The molecule has 1 heterocycles. The zero-order valence-electron chi connectivity index (χ0n) is 13.1. The van der Waals surface area contributed by atoms with Gasteiger partial charge in [0.25, 0.3) is 10.0 Å². The molecule has 0 bridgehead atoms. The van der Waals surface area contributed by atoms with Gasteiger partial charge in [0.1, 0.15) is 11.6 Å². The minimum absolute atomic E-state index is 0.0317. The van der Waals surface area contributed by atoms with Gasteiger partial charge >= 0.3 is 0 Å². The molecule has 128 valence electrons. The third kappa shape index (κ3) is 3.43. The van der Waals surface area contributed by atoms with Gasteiger partial charge in [-0.05, 0) is 42.5 Å². The zero-order valence-corrected chi connectivity index (χ0v) is 14.8. The molecule has 0 radical (unpaired) electrons. The highest BCUT2D eigenvalue weighted by Gasteiger charge is 2.15. The van der Waals surface area contributed by atoms with Gasteiger partial charge in [-0.2, -0.15) is 8.42 Å². The Bertz CT molecular complexity index is 1140. The molecule has 0 saturated carbocycles. The highest BCUT2D eigenvalue weighted by Crippen LogP contribution is 2.20. The number of benzene rings is 2. The SMILES string of the molecule is C#CCn1/c(=N/S(=O)(=O)c2ccc(OC)cc2)sc2cc(F)ccc21. The second-order valence-electron chi connectivity index (χ2n) is 5.03. The first-order valence-electron chi connectivity index (χ1n) is 7.12. The van der Waals surface area contributed by atoms with E-state index in [-0.39, 0.29) is 16.2 Å². The van der Waals surface area contributed by atoms with E-state index in [2.05, 4.69) is 10.3 Å². The summed E-state index contributed by atoms with van der Waals surface area (Å²) in [6.45, 7) is 0.128. The molecule has 0 unspecified atom stereocenters. The number of hydrogen-bond acceptors (Lipinski definition) is 4. The molecular formula is C17H13FN2O3S2. The van der Waals surface area contributed by atoms with Gasteiger partial charge in [-0.3, -0.25) is 0 Å². The topological polar surface area (TPSA) is 60.7 Å². The van der Waals surface area contributed by atoms with Crippen molar-refractivity contribution in [2.45, 2.75) is 11.4 Å². The van der Waals surface area contributed by atoms with E-state index < -0.39 is 15.8 Å². The van der Waals surface area contributed by atoms with E-state index >= 15 is 0 Å². The van der Waals surface area contributed by atoms with Crippen LogP contribution >= 0.6 is 11.3 Å². The Morgan fingerprint density at radius 1 is 1.28 bits per heavy atom. The number of terminal acetylenes is 1. The van der Waals surface area contributed by atoms with Crippen molar-refractivity contribution in [3.05, 3.63) is 53.1 Å². The van der Waals surface area contributed by atoms with Crippen LogP contribution in [0.25, 0.3) is 10.2 Å². The lowest BCUT2D eigenvalue weighted by molar-refractivity contribution is 0.414. The van der Waals surface area contributed by atoms with Crippen molar-refractivity contribution in [1.82, 2.24) is 4.57 Å². The van der Waals surface area contributed by atoms with E-state index in [4.69, 9.17) is 11.2 Å². The molecule has 8 heteroatoms. The van der Waals surface area contributed by atoms with Gasteiger partial charge in [-0.1, -0.05) is 17.3 Å². The van der Waals surface area contributed by atoms with Crippen LogP contribution < -0.4 is 9.54 Å². The normalized spacial score (nSPS) is 12.3. The molecule has 25 heavy (non-hydrogen) atoms. The van der Waals surface area contributed by atoms with Crippen LogP contribution in [-0.2, 0) is 16.6 Å². The molecule has 0 amide bonds. The predicted molar refractivity (Wildman–Crippen MR) is 94.3 cm³/mol. The van der Waals surface area contributed by atoms with Gasteiger partial charge in [0.2, 0.25) is 4.80 Å². The summed E-state index contributed by atoms with van der Waals surface area (Å²) in [5.74, 6) is 2.59. The van der Waals surface area contributed by atoms with Crippen molar-refractivity contribution < 1.29 is 17.5 Å². The largest absolute Gasteiger partial charge is 0.497 e. The summed E-state index contributed by atoms with van der Waals surface area (Å²) in [5, 5.41) is 0. The van der Waals surface area contributed by atoms with Crippen LogP contribution in [0.4, 0.5) is 4.39 Å². The lowest BCUT2D eigenvalue weighted by Crippen LogP contribution is -2.16. The molecule has 1 aromatic heterocycles. The third-order valence-electron chi connectivity index (χ3n) is 3.45. The van der Waals surface area contributed by atoms with Gasteiger partial charge in [-0.15, -0.1) is 10.8 Å². The molecule has 3 aromatic rings. The number of rotatable bonds is 4. The molecule has 0 fully saturated rings. The van der Waals surface area contributed by atoms with Gasteiger partial charge in [0.15, 0.2) is 0 Å². The maximum Gasteiger partial charge on any atom is 0.285 e. The Morgan fingerprint density at radius 2 is 2.00 bits per heavy atom. The molecule has 0 atom stereocenters. The molecular weight excluding hydrogens is 363 g/mol. The minimum Gasteiger partial charge on any atom is -0.497 e. The van der Waals surface area contributed by atoms with Crippen LogP contribution in [0.1, 0.15) is 0 Å². The van der Waals surface area contributed by atoms with Gasteiger partial charge < -0.3 is 9.30 Å². The fourth-order valence-electron chi connectivity index (χ4n) is 2.26. The summed E-state index contributed by atoms with van der Waals surface area (Å²) in [7, 11) is -2.45. The monoisotopic (exact) mass is 376 g/mol. The van der Waals surface area contributed by atoms with Crippen molar-refractivity contribution in [1.29, 1.82) is 0 Å². The fourth-order valence-corrected chi connectivity index (χ4v) is 4.52. The van der Waals surface area contributed by atoms with E-state index in [1.54, 1.807) is 10.6 Å². The summed E-state index contributed by atoms with van der Waals surface area (Å²) >= 11 is 1.06. The quantitative estimate of drug-likeness (QED) is 0.658. The summed E-state index contributed by atoms with van der Waals surface area (Å²) < 4.78 is 49.6. The number of thiazole rings is 1. The molecule has 0 aliphatic rings. The molecule has 3 rings (SSSR count). The maximum atomic E-state index is 13.4. The van der Waals surface area contributed by atoms with Crippen molar-refractivity contribution in [3.8, 4) is 18.1 Å². The van der Waals surface area contributed by atoms with Crippen LogP contribution in [-0.4, -0.2) is 20.1 Å². The average molecular weight is 376 g/mol. The summed E-state index contributed by atoms with van der Waals surface area (Å²) in [6.07, 6.45) is 5.37. The van der Waals surface area contributed by atoms with Crippen molar-refractivity contribution in [2.24, 2.45) is 4.40 Å². The Hall–Kier alpha value is -2.63. The summed E-state index contributed by atoms with van der Waals surface area (Å²) in [6, 6.07) is 10.1. The lowest BCUT2D eigenvalue weighted by Gasteiger charge is -2.02. The lowest BCUT2D eigenvalue weighted by atomic mass is 10.3. The van der Waals surface area contributed by atoms with Gasteiger partial charge in [-0.25, -0.2) is 4.39 Å². The average Bonchev–Trinajstić information content (AvgIpc) is 2.91. The first-order valence-corrected chi connectivity index (χ1v) is 9.37. The minimum atomic E-state index is -3.94. The number of nitrogens with zero attached hydrogens (tertiary/aromatic N) is 2. The number of hydrogen-bond donors (Lipinski definition) is 0. The standard InChI is InChI=1S/C17H13FN2O3S2/c1-3-10-20-15-9-4-12(18)11-16(15)24-17(20)19-25(21,22)14-7-5-13(23-2)6-8-14/h1,4-9,11H,10H2,2H3/b19-17-. The Balaban J connectivity index is 2.19. The Kier molecular flexibility index (Phi) is 4.61. The highest BCUT2D eigenvalue weighted by molar-refractivity contribution is 7.90. The number of fused-ring (bicyclic) bond motifs is 1. The molecule has 0 N–H and O–H groups in total. The van der Waals surface area contributed by atoms with Gasteiger partial charge in [0.05, 0.1) is 28.8 Å². The van der Waals surface area contributed by atoms with Gasteiger partial charge in [0, 0.05) is 0 Å². The molecule has 2 aromatic carbocycles. The fraction of sp³-hybridized carbons (Fsp3) is 0.118. The molecule has 5 nitrogen and oxygen atoms in total. The number of methoxy groups -OCH3 is 1. The van der Waals surface area contributed by atoms with Crippen LogP contribution in [0.2, 0.25) is 0 Å². The third-order valence-corrected chi connectivity index (χ3v) is 5.89. The smallest absolute Gasteiger partial charge is 0.285 e. The second kappa shape index (κ2) is 6.70. The molecule has 0 aliphatic carbocycles. The zero-order chi connectivity index (χ0) is 18.0. The predicted octanol–water partition coefficient (Wildman–Crippen LogP) is 2.77. The van der Waals surface area contributed by atoms with Crippen LogP contribution in [0.15, 0.2) is 51.8 Å². The second-order valence-corrected chi connectivity index (χ2v) is 7.64. The van der Waals surface area contributed by atoms with Crippen LogP contribution in [0, 0.1) is 18.2 Å². The van der Waals surface area contributed by atoms with Crippen LogP contribution in [0.3, 0.4) is 0 Å². The number of halogens is 1.